The van der Waals surface area contributed by atoms with Crippen molar-refractivity contribution in [3.63, 3.8) is 0 Å². The molecule has 1 aliphatic carbocycles. The van der Waals surface area contributed by atoms with E-state index in [1.165, 1.54) is 0 Å². The average Bonchev–Trinajstić information content (AvgIpc) is 2.86. The van der Waals surface area contributed by atoms with Crippen LogP contribution in [0.15, 0.2) is 10.6 Å². The molecular formula is C11H18ClN3O2. The van der Waals surface area contributed by atoms with Gasteiger partial charge in [-0.1, -0.05) is 11.6 Å². The van der Waals surface area contributed by atoms with E-state index >= 15 is 0 Å². The number of carbonyl (C=O) groups excluding carboxylic acids is 1. The number of aromatic nitrogens is 1. The largest absolute Gasteiger partial charge is 0.361 e. The first kappa shape index (κ1) is 14.0. The minimum Gasteiger partial charge on any atom is -0.361 e. The molecule has 1 fully saturated rings. The average molecular weight is 260 g/mol. The van der Waals surface area contributed by atoms with Crippen molar-refractivity contribution in [2.24, 2.45) is 11.7 Å². The molecule has 0 saturated heterocycles. The lowest BCUT2D eigenvalue weighted by Gasteiger charge is -2.18. The Kier molecular flexibility index (Phi) is 4.96. The molecule has 1 aromatic heterocycles. The van der Waals surface area contributed by atoms with E-state index in [2.05, 4.69) is 10.5 Å². The number of rotatable bonds is 3. The van der Waals surface area contributed by atoms with Gasteiger partial charge in [-0.25, -0.2) is 0 Å². The van der Waals surface area contributed by atoms with Crippen molar-refractivity contribution < 1.29 is 9.32 Å². The first-order valence-electron chi connectivity index (χ1n) is 5.65. The molecule has 2 rings (SSSR count). The molecule has 2 atom stereocenters. The van der Waals surface area contributed by atoms with Crippen LogP contribution in [-0.2, 0) is 0 Å². The third-order valence-corrected chi connectivity index (χ3v) is 3.14. The summed E-state index contributed by atoms with van der Waals surface area (Å²) in [4.78, 5) is 11.8. The summed E-state index contributed by atoms with van der Waals surface area (Å²) in [6.07, 6.45) is 3.23. The van der Waals surface area contributed by atoms with Gasteiger partial charge in [0.2, 0.25) is 0 Å². The first-order valence-corrected chi connectivity index (χ1v) is 5.65. The number of hydrogen-bond acceptors (Lipinski definition) is 4. The summed E-state index contributed by atoms with van der Waals surface area (Å²) in [5.74, 6) is 0.881. The highest BCUT2D eigenvalue weighted by atomic mass is 35.5. The van der Waals surface area contributed by atoms with E-state index < -0.39 is 0 Å². The Balaban J connectivity index is 0.00000144. The van der Waals surface area contributed by atoms with Crippen molar-refractivity contribution in [3.05, 3.63) is 17.5 Å². The van der Waals surface area contributed by atoms with Crippen LogP contribution in [-0.4, -0.2) is 23.7 Å². The Morgan fingerprint density at radius 1 is 1.65 bits per heavy atom. The maximum Gasteiger partial charge on any atom is 0.273 e. The van der Waals surface area contributed by atoms with Crippen molar-refractivity contribution in [2.45, 2.75) is 32.2 Å². The molecule has 1 saturated carbocycles. The summed E-state index contributed by atoms with van der Waals surface area (Å²) in [6, 6.07) is 1.83. The van der Waals surface area contributed by atoms with E-state index in [0.29, 0.717) is 23.9 Å². The van der Waals surface area contributed by atoms with E-state index in [9.17, 15) is 4.79 Å². The van der Waals surface area contributed by atoms with Crippen LogP contribution in [0.3, 0.4) is 0 Å². The number of hydrogen-bond donors (Lipinski definition) is 2. The van der Waals surface area contributed by atoms with Crippen LogP contribution in [0.25, 0.3) is 0 Å². The maximum absolute atomic E-state index is 11.8. The van der Waals surface area contributed by atoms with Gasteiger partial charge in [0.15, 0.2) is 5.69 Å². The zero-order chi connectivity index (χ0) is 11.5. The Morgan fingerprint density at radius 3 is 3.00 bits per heavy atom. The van der Waals surface area contributed by atoms with Gasteiger partial charge >= 0.3 is 0 Å². The zero-order valence-electron chi connectivity index (χ0n) is 9.81. The number of halogens is 1. The van der Waals surface area contributed by atoms with Gasteiger partial charge in [0.1, 0.15) is 5.76 Å². The van der Waals surface area contributed by atoms with Crippen LogP contribution in [0, 0.1) is 12.8 Å². The molecule has 5 nitrogen and oxygen atoms in total. The monoisotopic (exact) mass is 259 g/mol. The molecule has 3 N–H and O–H groups in total. The molecule has 0 aromatic carbocycles. The van der Waals surface area contributed by atoms with Gasteiger partial charge < -0.3 is 15.6 Å². The predicted molar refractivity (Wildman–Crippen MR) is 66.1 cm³/mol. The van der Waals surface area contributed by atoms with Crippen molar-refractivity contribution in [2.75, 3.05) is 6.54 Å². The van der Waals surface area contributed by atoms with Crippen LogP contribution in [0.4, 0.5) is 0 Å². The molecule has 0 spiro atoms. The second-order valence-corrected chi connectivity index (χ2v) is 4.33. The standard InChI is InChI=1S/C11H17N3O2.ClH/c1-7-5-10(14-16-7)11(15)13-9-4-2-3-8(9)6-12;/h5,8-9H,2-4,6,12H2,1H3,(H,13,15);1H. The van der Waals surface area contributed by atoms with Crippen LogP contribution in [0.5, 0.6) is 0 Å². The molecule has 0 bridgehead atoms. The molecule has 2 unspecified atom stereocenters. The van der Waals surface area contributed by atoms with E-state index in [1.807, 2.05) is 0 Å². The summed E-state index contributed by atoms with van der Waals surface area (Å²) in [6.45, 7) is 2.39. The number of amides is 1. The van der Waals surface area contributed by atoms with E-state index in [1.54, 1.807) is 13.0 Å². The fourth-order valence-electron chi connectivity index (χ4n) is 2.22. The van der Waals surface area contributed by atoms with Crippen molar-refractivity contribution in [1.29, 1.82) is 0 Å². The third kappa shape index (κ3) is 3.20. The first-order chi connectivity index (χ1) is 7.70. The summed E-state index contributed by atoms with van der Waals surface area (Å²) in [5.41, 5.74) is 6.00. The second kappa shape index (κ2) is 6.02. The Morgan fingerprint density at radius 2 is 2.41 bits per heavy atom. The fraction of sp³-hybridized carbons (Fsp3) is 0.636. The van der Waals surface area contributed by atoms with Crippen LogP contribution < -0.4 is 11.1 Å². The summed E-state index contributed by atoms with van der Waals surface area (Å²) < 4.78 is 4.87. The van der Waals surface area contributed by atoms with Gasteiger partial charge in [0.25, 0.3) is 5.91 Å². The molecule has 0 aliphatic heterocycles. The SMILES string of the molecule is Cc1cc(C(=O)NC2CCCC2CN)no1.Cl. The van der Waals surface area contributed by atoms with Gasteiger partial charge in [-0.2, -0.15) is 0 Å². The van der Waals surface area contributed by atoms with Crippen LogP contribution >= 0.6 is 12.4 Å². The third-order valence-electron chi connectivity index (χ3n) is 3.14. The lowest BCUT2D eigenvalue weighted by molar-refractivity contribution is 0.0919. The molecule has 6 heteroatoms. The number of nitrogens with two attached hydrogens (primary N) is 1. The van der Waals surface area contributed by atoms with Crippen molar-refractivity contribution in [3.8, 4) is 0 Å². The van der Waals surface area contributed by atoms with Gasteiger partial charge in [-0.05, 0) is 32.2 Å². The van der Waals surface area contributed by atoms with Crippen LogP contribution in [0.2, 0.25) is 0 Å². The number of carbonyl (C=O) groups is 1. The summed E-state index contributed by atoms with van der Waals surface area (Å²) >= 11 is 0. The smallest absolute Gasteiger partial charge is 0.273 e. The minimum atomic E-state index is -0.165. The maximum atomic E-state index is 11.8. The highest BCUT2D eigenvalue weighted by Crippen LogP contribution is 2.24. The molecule has 17 heavy (non-hydrogen) atoms. The fourth-order valence-corrected chi connectivity index (χ4v) is 2.22. The summed E-state index contributed by atoms with van der Waals surface area (Å²) in [7, 11) is 0. The number of nitrogens with one attached hydrogen (secondary N) is 1. The molecule has 1 amide bonds. The van der Waals surface area contributed by atoms with Crippen LogP contribution in [0.1, 0.15) is 35.5 Å². The lowest BCUT2D eigenvalue weighted by atomic mass is 10.0. The van der Waals surface area contributed by atoms with Crippen molar-refractivity contribution >= 4 is 18.3 Å². The van der Waals surface area contributed by atoms with E-state index in [0.717, 1.165) is 19.3 Å². The van der Waals surface area contributed by atoms with E-state index in [-0.39, 0.29) is 24.4 Å². The highest BCUT2D eigenvalue weighted by molar-refractivity contribution is 5.92. The molecule has 0 radical (unpaired) electrons. The summed E-state index contributed by atoms with van der Waals surface area (Å²) in [5, 5.41) is 6.66. The highest BCUT2D eigenvalue weighted by Gasteiger charge is 2.28. The normalized spacial score (nSPS) is 23.2. The van der Waals surface area contributed by atoms with Gasteiger partial charge in [-0.3, -0.25) is 4.79 Å². The quantitative estimate of drug-likeness (QED) is 0.856. The Labute approximate surface area is 107 Å². The molecule has 96 valence electrons. The Bertz CT molecular complexity index is 381. The lowest BCUT2D eigenvalue weighted by Crippen LogP contribution is -2.39. The molecule has 1 aliphatic rings. The predicted octanol–water partition coefficient (Wildman–Crippen LogP) is 1.26. The van der Waals surface area contributed by atoms with Gasteiger partial charge in [-0.15, -0.1) is 12.4 Å². The second-order valence-electron chi connectivity index (χ2n) is 4.33. The van der Waals surface area contributed by atoms with Crippen molar-refractivity contribution in [1.82, 2.24) is 10.5 Å². The molecule has 1 heterocycles. The topological polar surface area (TPSA) is 81.2 Å². The zero-order valence-corrected chi connectivity index (χ0v) is 10.6. The molecule has 1 aromatic rings. The van der Waals surface area contributed by atoms with Gasteiger partial charge in [0.05, 0.1) is 0 Å². The van der Waals surface area contributed by atoms with E-state index in [4.69, 9.17) is 10.3 Å². The van der Waals surface area contributed by atoms with Gasteiger partial charge in [0, 0.05) is 12.1 Å². The number of aryl methyl sites for hydroxylation is 1. The number of nitrogens with zero attached hydrogens (tertiary/aromatic N) is 1. The Hall–Kier alpha value is -1.07. The molecular weight excluding hydrogens is 242 g/mol. The minimum absolute atomic E-state index is 0.